The van der Waals surface area contributed by atoms with Crippen molar-refractivity contribution in [2.24, 2.45) is 0 Å². The van der Waals surface area contributed by atoms with Gasteiger partial charge in [0.1, 0.15) is 11.4 Å². The molecular weight excluding hydrogens is 204 g/mol. The van der Waals surface area contributed by atoms with Crippen LogP contribution in [0.3, 0.4) is 0 Å². The second-order valence-corrected chi connectivity index (χ2v) is 4.37. The van der Waals surface area contributed by atoms with Crippen LogP contribution in [0.15, 0.2) is 24.3 Å². The first-order valence-electron chi connectivity index (χ1n) is 5.45. The van der Waals surface area contributed by atoms with Crippen molar-refractivity contribution in [3.05, 3.63) is 29.8 Å². The Bertz CT molecular complexity index is 332. The normalized spacial score (nSPS) is 14.9. The largest absolute Gasteiger partial charge is 0.491 e. The molecule has 0 radical (unpaired) electrons. The van der Waals surface area contributed by atoms with E-state index < -0.39 is 5.60 Å². The minimum Gasteiger partial charge on any atom is -0.491 e. The topological polar surface area (TPSA) is 38.7 Å². The molecule has 0 aromatic heterocycles. The van der Waals surface area contributed by atoms with Crippen LogP contribution in [0.4, 0.5) is 0 Å². The van der Waals surface area contributed by atoms with Gasteiger partial charge in [-0.2, -0.15) is 0 Å². The van der Waals surface area contributed by atoms with Crippen molar-refractivity contribution in [3.8, 4) is 5.75 Å². The third-order valence-electron chi connectivity index (χ3n) is 2.26. The molecule has 3 nitrogen and oxygen atoms in total. The van der Waals surface area contributed by atoms with E-state index in [1.54, 1.807) is 14.0 Å². The van der Waals surface area contributed by atoms with Gasteiger partial charge >= 0.3 is 0 Å². The number of para-hydroxylation sites is 1. The number of hydrogen-bond acceptors (Lipinski definition) is 3. The lowest BCUT2D eigenvalue weighted by Gasteiger charge is -2.26. The molecule has 1 N–H and O–H groups in total. The van der Waals surface area contributed by atoms with Crippen LogP contribution in [0.2, 0.25) is 0 Å². The molecule has 1 atom stereocenters. The van der Waals surface area contributed by atoms with Gasteiger partial charge in [0.15, 0.2) is 0 Å². The van der Waals surface area contributed by atoms with E-state index >= 15 is 0 Å². The van der Waals surface area contributed by atoms with Crippen molar-refractivity contribution in [3.63, 3.8) is 0 Å². The summed E-state index contributed by atoms with van der Waals surface area (Å²) in [6.07, 6.45) is 0.0829. The minimum atomic E-state index is -1.03. The molecule has 90 valence electrons. The molecule has 0 bridgehead atoms. The highest BCUT2D eigenvalue weighted by atomic mass is 16.5. The Balaban J connectivity index is 3.02. The zero-order valence-electron chi connectivity index (χ0n) is 10.4. The first-order valence-corrected chi connectivity index (χ1v) is 5.45. The van der Waals surface area contributed by atoms with Gasteiger partial charge < -0.3 is 14.6 Å². The van der Waals surface area contributed by atoms with Crippen molar-refractivity contribution in [2.75, 3.05) is 13.7 Å². The van der Waals surface area contributed by atoms with Crippen molar-refractivity contribution < 1.29 is 14.6 Å². The Hall–Kier alpha value is -1.06. The van der Waals surface area contributed by atoms with E-state index in [1.807, 2.05) is 38.1 Å². The summed E-state index contributed by atoms with van der Waals surface area (Å²) in [5.41, 5.74) is -0.272. The molecule has 1 aromatic carbocycles. The fraction of sp³-hybridized carbons (Fsp3) is 0.538. The molecule has 1 aromatic rings. The first kappa shape index (κ1) is 13.0. The lowest BCUT2D eigenvalue weighted by molar-refractivity contribution is -0.0230. The van der Waals surface area contributed by atoms with Gasteiger partial charge in [-0.05, 0) is 26.8 Å². The highest BCUT2D eigenvalue weighted by Crippen LogP contribution is 2.30. The fourth-order valence-electron chi connectivity index (χ4n) is 1.63. The average molecular weight is 224 g/mol. The second kappa shape index (κ2) is 5.32. The Morgan fingerprint density at radius 2 is 1.94 bits per heavy atom. The molecule has 0 spiro atoms. The van der Waals surface area contributed by atoms with Crippen LogP contribution in [0.25, 0.3) is 0 Å². The molecule has 0 aliphatic carbocycles. The number of rotatable bonds is 5. The number of hydrogen-bond donors (Lipinski definition) is 1. The molecule has 0 saturated carbocycles. The summed E-state index contributed by atoms with van der Waals surface area (Å²) in [6.45, 7) is 5.88. The van der Waals surface area contributed by atoms with Crippen LogP contribution >= 0.6 is 0 Å². The van der Waals surface area contributed by atoms with Crippen molar-refractivity contribution >= 4 is 0 Å². The van der Waals surface area contributed by atoms with E-state index in [0.29, 0.717) is 5.75 Å². The maximum Gasteiger partial charge on any atom is 0.125 e. The lowest BCUT2D eigenvalue weighted by Crippen LogP contribution is -2.28. The van der Waals surface area contributed by atoms with E-state index in [9.17, 15) is 5.11 Å². The highest BCUT2D eigenvalue weighted by Gasteiger charge is 2.26. The van der Waals surface area contributed by atoms with Gasteiger partial charge in [0.2, 0.25) is 0 Å². The van der Waals surface area contributed by atoms with E-state index in [1.165, 1.54) is 0 Å². The van der Waals surface area contributed by atoms with Crippen molar-refractivity contribution in [1.29, 1.82) is 0 Å². The van der Waals surface area contributed by atoms with Crippen LogP contribution in [-0.2, 0) is 10.3 Å². The summed E-state index contributed by atoms with van der Waals surface area (Å²) >= 11 is 0. The average Bonchev–Trinajstić information content (AvgIpc) is 2.17. The number of benzene rings is 1. The molecule has 0 heterocycles. The van der Waals surface area contributed by atoms with Gasteiger partial charge in [0.25, 0.3) is 0 Å². The first-order chi connectivity index (χ1) is 7.47. The van der Waals surface area contributed by atoms with Crippen LogP contribution in [0.5, 0.6) is 5.75 Å². The fourth-order valence-corrected chi connectivity index (χ4v) is 1.63. The molecule has 0 fully saturated rings. The summed E-state index contributed by atoms with van der Waals surface area (Å²) in [4.78, 5) is 0. The van der Waals surface area contributed by atoms with E-state index in [2.05, 4.69) is 0 Å². The molecule has 0 amide bonds. The molecule has 1 rings (SSSR count). The van der Waals surface area contributed by atoms with Gasteiger partial charge in [-0.1, -0.05) is 18.2 Å². The zero-order chi connectivity index (χ0) is 12.2. The third kappa shape index (κ3) is 3.22. The van der Waals surface area contributed by atoms with Crippen molar-refractivity contribution in [2.45, 2.75) is 32.5 Å². The van der Waals surface area contributed by atoms with Gasteiger partial charge in [0, 0.05) is 12.7 Å². The van der Waals surface area contributed by atoms with E-state index in [4.69, 9.17) is 9.47 Å². The van der Waals surface area contributed by atoms with Gasteiger partial charge in [-0.15, -0.1) is 0 Å². The van der Waals surface area contributed by atoms with E-state index in [-0.39, 0.29) is 12.7 Å². The van der Waals surface area contributed by atoms with Crippen LogP contribution in [0.1, 0.15) is 26.3 Å². The predicted octanol–water partition coefficient (Wildman–Crippen LogP) is 2.33. The van der Waals surface area contributed by atoms with Crippen molar-refractivity contribution in [1.82, 2.24) is 0 Å². The maximum atomic E-state index is 10.3. The standard InChI is InChI=1S/C13H20O3/c1-10(2)16-12-8-6-5-7-11(12)13(3,14)9-15-4/h5-8,10,14H,9H2,1-4H3. The molecule has 0 aliphatic rings. The smallest absolute Gasteiger partial charge is 0.125 e. The Morgan fingerprint density at radius 3 is 2.50 bits per heavy atom. The summed E-state index contributed by atoms with van der Waals surface area (Å²) in [6, 6.07) is 7.49. The minimum absolute atomic E-state index is 0.0829. The molecule has 0 saturated heterocycles. The predicted molar refractivity (Wildman–Crippen MR) is 63.7 cm³/mol. The van der Waals surface area contributed by atoms with Gasteiger partial charge in [-0.3, -0.25) is 0 Å². The third-order valence-corrected chi connectivity index (χ3v) is 2.26. The number of methoxy groups -OCH3 is 1. The summed E-state index contributed by atoms with van der Waals surface area (Å²) in [5.74, 6) is 0.708. The molecule has 0 aliphatic heterocycles. The highest BCUT2D eigenvalue weighted by molar-refractivity contribution is 5.37. The molecule has 16 heavy (non-hydrogen) atoms. The Kier molecular flexibility index (Phi) is 4.33. The SMILES string of the molecule is COCC(C)(O)c1ccccc1OC(C)C. The number of ether oxygens (including phenoxy) is 2. The Labute approximate surface area is 97.0 Å². The van der Waals surface area contributed by atoms with E-state index in [0.717, 1.165) is 5.56 Å². The summed E-state index contributed by atoms with van der Waals surface area (Å²) in [7, 11) is 1.57. The quantitative estimate of drug-likeness (QED) is 0.834. The lowest BCUT2D eigenvalue weighted by atomic mass is 9.96. The second-order valence-electron chi connectivity index (χ2n) is 4.37. The summed E-state index contributed by atoms with van der Waals surface area (Å²) in [5, 5.41) is 10.3. The zero-order valence-corrected chi connectivity index (χ0v) is 10.4. The van der Waals surface area contributed by atoms with Crippen LogP contribution < -0.4 is 4.74 Å². The Morgan fingerprint density at radius 1 is 1.31 bits per heavy atom. The molecular formula is C13H20O3. The van der Waals surface area contributed by atoms with Gasteiger partial charge in [0.05, 0.1) is 12.7 Å². The number of aliphatic hydroxyl groups is 1. The molecule has 3 heteroatoms. The van der Waals surface area contributed by atoms with Gasteiger partial charge in [-0.25, -0.2) is 0 Å². The summed E-state index contributed by atoms with van der Waals surface area (Å²) < 4.78 is 10.7. The monoisotopic (exact) mass is 224 g/mol. The molecule has 1 unspecified atom stereocenters. The van der Waals surface area contributed by atoms with Crippen LogP contribution in [-0.4, -0.2) is 24.9 Å². The maximum absolute atomic E-state index is 10.3. The van der Waals surface area contributed by atoms with Crippen LogP contribution in [0, 0.1) is 0 Å².